The summed E-state index contributed by atoms with van der Waals surface area (Å²) in [6.45, 7) is 2.93. The van der Waals surface area contributed by atoms with Crippen LogP contribution in [0.3, 0.4) is 0 Å². The number of carbonyl (C=O) groups excluding carboxylic acids is 3. The van der Waals surface area contributed by atoms with E-state index in [1.165, 1.54) is 0 Å². The third-order valence-electron chi connectivity index (χ3n) is 5.03. The Balaban J connectivity index is 1.66. The molecule has 3 rings (SSSR count). The molecule has 0 saturated carbocycles. The molecule has 1 fully saturated rings. The van der Waals surface area contributed by atoms with Gasteiger partial charge in [0.2, 0.25) is 11.8 Å². The molecular weight excluding hydrogens is 332 g/mol. The van der Waals surface area contributed by atoms with Crippen molar-refractivity contribution in [2.24, 2.45) is 5.73 Å². The standard InChI is InChI=1S/C19H26N4O3/c1-22(9-3-2-8-20)11-13-4-5-15-14(10-13)12-23(19(15)26)16-6-7-17(24)21-18(16)25/h4-5,10,16H,2-3,6-9,11-12,20H2,1H3,(H,21,24,25). The van der Waals surface area contributed by atoms with Gasteiger partial charge in [-0.25, -0.2) is 0 Å². The van der Waals surface area contributed by atoms with Gasteiger partial charge in [0.25, 0.3) is 5.91 Å². The highest BCUT2D eigenvalue weighted by Gasteiger charge is 2.38. The fourth-order valence-electron chi connectivity index (χ4n) is 3.64. The van der Waals surface area contributed by atoms with Crippen molar-refractivity contribution in [3.05, 3.63) is 34.9 Å². The summed E-state index contributed by atoms with van der Waals surface area (Å²) in [5.41, 5.74) is 8.29. The summed E-state index contributed by atoms with van der Waals surface area (Å²) < 4.78 is 0. The van der Waals surface area contributed by atoms with E-state index in [0.717, 1.165) is 37.1 Å². The number of imide groups is 1. The number of piperidine rings is 1. The van der Waals surface area contributed by atoms with Gasteiger partial charge >= 0.3 is 0 Å². The Hall–Kier alpha value is -2.25. The summed E-state index contributed by atoms with van der Waals surface area (Å²) in [7, 11) is 2.07. The lowest BCUT2D eigenvalue weighted by atomic mass is 10.0. The topological polar surface area (TPSA) is 95.7 Å². The molecular formula is C19H26N4O3. The molecule has 1 saturated heterocycles. The first-order chi connectivity index (χ1) is 12.5. The van der Waals surface area contributed by atoms with Crippen molar-refractivity contribution in [2.45, 2.75) is 44.8 Å². The van der Waals surface area contributed by atoms with Crippen LogP contribution in [-0.4, -0.2) is 53.7 Å². The van der Waals surface area contributed by atoms with E-state index in [4.69, 9.17) is 5.73 Å². The monoisotopic (exact) mass is 358 g/mol. The minimum atomic E-state index is -0.560. The molecule has 7 nitrogen and oxygen atoms in total. The van der Waals surface area contributed by atoms with Crippen LogP contribution >= 0.6 is 0 Å². The summed E-state index contributed by atoms with van der Waals surface area (Å²) in [5, 5.41) is 2.33. The Bertz CT molecular complexity index is 719. The fourth-order valence-corrected chi connectivity index (χ4v) is 3.64. The molecule has 7 heteroatoms. The number of fused-ring (bicyclic) bond motifs is 1. The SMILES string of the molecule is CN(CCCCN)Cc1ccc2c(c1)CN(C1CCC(=O)NC1=O)C2=O. The Labute approximate surface area is 153 Å². The van der Waals surface area contributed by atoms with Crippen molar-refractivity contribution in [1.82, 2.24) is 15.1 Å². The summed E-state index contributed by atoms with van der Waals surface area (Å²) in [5.74, 6) is -0.769. The predicted octanol–water partition coefficient (Wildman–Crippen LogP) is 0.618. The number of rotatable bonds is 7. The zero-order valence-corrected chi connectivity index (χ0v) is 15.2. The first kappa shape index (κ1) is 18.5. The molecule has 2 heterocycles. The van der Waals surface area contributed by atoms with E-state index < -0.39 is 6.04 Å². The minimum absolute atomic E-state index is 0.127. The van der Waals surface area contributed by atoms with Crippen molar-refractivity contribution in [2.75, 3.05) is 20.1 Å². The highest BCUT2D eigenvalue weighted by atomic mass is 16.2. The van der Waals surface area contributed by atoms with Crippen LogP contribution < -0.4 is 11.1 Å². The molecule has 3 amide bonds. The van der Waals surface area contributed by atoms with E-state index in [1.54, 1.807) is 4.90 Å². The normalized spacial score (nSPS) is 19.9. The quantitative estimate of drug-likeness (QED) is 0.550. The minimum Gasteiger partial charge on any atom is -0.330 e. The maximum Gasteiger partial charge on any atom is 0.255 e. The lowest BCUT2D eigenvalue weighted by Crippen LogP contribution is -2.52. The van der Waals surface area contributed by atoms with E-state index in [1.807, 2.05) is 12.1 Å². The summed E-state index contributed by atoms with van der Waals surface area (Å²) in [6.07, 6.45) is 2.75. The van der Waals surface area contributed by atoms with Crippen molar-refractivity contribution >= 4 is 17.7 Å². The third-order valence-corrected chi connectivity index (χ3v) is 5.03. The maximum atomic E-state index is 12.7. The Kier molecular flexibility index (Phi) is 5.68. The van der Waals surface area contributed by atoms with Gasteiger partial charge in [0.1, 0.15) is 6.04 Å². The van der Waals surface area contributed by atoms with Crippen molar-refractivity contribution in [3.8, 4) is 0 Å². The number of unbranched alkanes of at least 4 members (excludes halogenated alkanes) is 1. The molecule has 2 aliphatic rings. The highest BCUT2D eigenvalue weighted by Crippen LogP contribution is 2.28. The van der Waals surface area contributed by atoms with Crippen molar-refractivity contribution in [3.63, 3.8) is 0 Å². The molecule has 26 heavy (non-hydrogen) atoms. The predicted molar refractivity (Wildman–Crippen MR) is 97.1 cm³/mol. The van der Waals surface area contributed by atoms with Crippen LogP contribution in [0.15, 0.2) is 18.2 Å². The molecule has 0 aliphatic carbocycles. The molecule has 1 unspecified atom stereocenters. The van der Waals surface area contributed by atoms with Crippen LogP contribution in [-0.2, 0) is 22.7 Å². The van der Waals surface area contributed by atoms with E-state index in [9.17, 15) is 14.4 Å². The van der Waals surface area contributed by atoms with Gasteiger partial charge in [-0.2, -0.15) is 0 Å². The number of hydrogen-bond acceptors (Lipinski definition) is 5. The molecule has 2 aliphatic heterocycles. The third kappa shape index (κ3) is 3.94. The Morgan fingerprint density at radius 3 is 2.81 bits per heavy atom. The van der Waals surface area contributed by atoms with E-state index in [0.29, 0.717) is 25.1 Å². The van der Waals surface area contributed by atoms with E-state index >= 15 is 0 Å². The second-order valence-electron chi connectivity index (χ2n) is 7.13. The maximum absolute atomic E-state index is 12.7. The second kappa shape index (κ2) is 7.97. The zero-order chi connectivity index (χ0) is 18.7. The van der Waals surface area contributed by atoms with Gasteiger partial charge in [0.05, 0.1) is 0 Å². The summed E-state index contributed by atoms with van der Waals surface area (Å²) in [4.78, 5) is 39.9. The molecule has 0 spiro atoms. The first-order valence-electron chi connectivity index (χ1n) is 9.14. The Morgan fingerprint density at radius 1 is 1.27 bits per heavy atom. The largest absolute Gasteiger partial charge is 0.330 e. The van der Waals surface area contributed by atoms with E-state index in [-0.39, 0.29) is 24.1 Å². The van der Waals surface area contributed by atoms with Crippen LogP contribution in [0, 0.1) is 0 Å². The van der Waals surface area contributed by atoms with Crippen LogP contribution in [0.1, 0.15) is 47.2 Å². The lowest BCUT2D eigenvalue weighted by molar-refractivity contribution is -0.136. The average molecular weight is 358 g/mol. The zero-order valence-electron chi connectivity index (χ0n) is 15.2. The number of nitrogens with two attached hydrogens (primary N) is 1. The molecule has 1 atom stereocenters. The molecule has 1 aromatic carbocycles. The first-order valence-corrected chi connectivity index (χ1v) is 9.14. The van der Waals surface area contributed by atoms with Gasteiger partial charge in [0.15, 0.2) is 0 Å². The smallest absolute Gasteiger partial charge is 0.255 e. The number of nitrogens with zero attached hydrogens (tertiary/aromatic N) is 2. The summed E-state index contributed by atoms with van der Waals surface area (Å²) >= 11 is 0. The van der Waals surface area contributed by atoms with Crippen LogP contribution in [0.2, 0.25) is 0 Å². The van der Waals surface area contributed by atoms with Crippen LogP contribution in [0.5, 0.6) is 0 Å². The molecule has 0 bridgehead atoms. The fraction of sp³-hybridized carbons (Fsp3) is 0.526. The molecule has 3 N–H and O–H groups in total. The highest BCUT2D eigenvalue weighted by molar-refractivity contribution is 6.05. The number of nitrogens with one attached hydrogen (secondary N) is 1. The van der Waals surface area contributed by atoms with Gasteiger partial charge in [-0.3, -0.25) is 19.7 Å². The molecule has 1 aromatic rings. The van der Waals surface area contributed by atoms with Gasteiger partial charge in [-0.15, -0.1) is 0 Å². The summed E-state index contributed by atoms with van der Waals surface area (Å²) in [6, 6.07) is 5.32. The molecule has 140 valence electrons. The number of hydrogen-bond donors (Lipinski definition) is 2. The van der Waals surface area contributed by atoms with E-state index in [2.05, 4.69) is 23.3 Å². The van der Waals surface area contributed by atoms with Gasteiger partial charge in [-0.1, -0.05) is 12.1 Å². The van der Waals surface area contributed by atoms with Gasteiger partial charge in [-0.05, 0) is 56.6 Å². The molecule has 0 aromatic heterocycles. The molecule has 0 radical (unpaired) electrons. The van der Waals surface area contributed by atoms with Gasteiger partial charge in [0, 0.05) is 25.1 Å². The average Bonchev–Trinajstić information content (AvgIpc) is 2.91. The number of amides is 3. The van der Waals surface area contributed by atoms with Crippen molar-refractivity contribution in [1.29, 1.82) is 0 Å². The van der Waals surface area contributed by atoms with Crippen molar-refractivity contribution < 1.29 is 14.4 Å². The van der Waals surface area contributed by atoms with Crippen LogP contribution in [0.4, 0.5) is 0 Å². The number of benzene rings is 1. The van der Waals surface area contributed by atoms with Gasteiger partial charge < -0.3 is 15.5 Å². The van der Waals surface area contributed by atoms with Crippen LogP contribution in [0.25, 0.3) is 0 Å². The number of carbonyl (C=O) groups is 3. The Morgan fingerprint density at radius 2 is 2.08 bits per heavy atom. The second-order valence-corrected chi connectivity index (χ2v) is 7.13. The lowest BCUT2D eigenvalue weighted by Gasteiger charge is -2.29.